The van der Waals surface area contributed by atoms with Gasteiger partial charge in [0.05, 0.1) is 18.3 Å². The Morgan fingerprint density at radius 3 is 2.52 bits per heavy atom. The molecule has 7 heteroatoms. The van der Waals surface area contributed by atoms with E-state index in [1.807, 2.05) is 45.0 Å². The Hall–Kier alpha value is -2.67. The zero-order valence-electron chi connectivity index (χ0n) is 15.0. The molecule has 2 heterocycles. The van der Waals surface area contributed by atoms with Gasteiger partial charge >= 0.3 is 0 Å². The highest BCUT2D eigenvalue weighted by atomic mass is 16.5. The molecule has 3 rings (SSSR count). The molecule has 2 N–H and O–H groups in total. The molecule has 0 atom stereocenters. The van der Waals surface area contributed by atoms with Gasteiger partial charge in [0.15, 0.2) is 5.65 Å². The minimum absolute atomic E-state index is 0.196. The van der Waals surface area contributed by atoms with Crippen molar-refractivity contribution in [2.24, 2.45) is 0 Å². The van der Waals surface area contributed by atoms with E-state index < -0.39 is 0 Å². The number of hydrogen-bond acceptors (Lipinski definition) is 5. The number of nitrogens with zero attached hydrogens (tertiary/aromatic N) is 3. The van der Waals surface area contributed by atoms with Crippen LogP contribution >= 0.6 is 0 Å². The summed E-state index contributed by atoms with van der Waals surface area (Å²) in [5, 5.41) is 7.97. The monoisotopic (exact) mass is 341 g/mol. The van der Waals surface area contributed by atoms with Gasteiger partial charge in [0.2, 0.25) is 5.95 Å². The number of fused-ring (bicyclic) bond motifs is 1. The summed E-state index contributed by atoms with van der Waals surface area (Å²) in [5.41, 5.74) is 2.34. The fourth-order valence-electron chi connectivity index (χ4n) is 2.60. The fourth-order valence-corrected chi connectivity index (χ4v) is 2.60. The lowest BCUT2D eigenvalue weighted by atomic mass is 10.1. The number of rotatable bonds is 5. The summed E-state index contributed by atoms with van der Waals surface area (Å²) in [7, 11) is 1.68. The molecule has 0 bridgehead atoms. The number of hydrogen-bond donors (Lipinski definition) is 2. The molecule has 0 radical (unpaired) electrons. The lowest BCUT2D eigenvalue weighted by Crippen LogP contribution is -2.24. The molecule has 0 saturated heterocycles. The van der Waals surface area contributed by atoms with Gasteiger partial charge in [0, 0.05) is 13.7 Å². The predicted octanol–water partition coefficient (Wildman–Crippen LogP) is 2.63. The maximum atomic E-state index is 12.3. The highest BCUT2D eigenvalue weighted by molar-refractivity contribution is 5.74. The third-order valence-corrected chi connectivity index (χ3v) is 3.87. The average Bonchev–Trinajstić information content (AvgIpc) is 2.99. The minimum atomic E-state index is -0.253. The van der Waals surface area contributed by atoms with E-state index in [0.29, 0.717) is 30.1 Å². The van der Waals surface area contributed by atoms with E-state index in [0.717, 1.165) is 11.1 Å². The molecule has 132 valence electrons. The van der Waals surface area contributed by atoms with Gasteiger partial charge < -0.3 is 10.1 Å². The number of aromatic nitrogens is 4. The predicted molar refractivity (Wildman–Crippen MR) is 97.6 cm³/mol. The number of ether oxygens (including phenoxy) is 1. The quantitative estimate of drug-likeness (QED) is 0.745. The summed E-state index contributed by atoms with van der Waals surface area (Å²) in [5.74, 6) is 0.435. The van der Waals surface area contributed by atoms with E-state index in [1.165, 1.54) is 0 Å². The summed E-state index contributed by atoms with van der Waals surface area (Å²) in [6.45, 7) is 7.23. The molecular formula is C18H23N5O2. The summed E-state index contributed by atoms with van der Waals surface area (Å²) >= 11 is 0. The Labute approximate surface area is 146 Å². The Kier molecular flexibility index (Phi) is 4.59. The van der Waals surface area contributed by atoms with Crippen molar-refractivity contribution in [1.82, 2.24) is 19.7 Å². The van der Waals surface area contributed by atoms with Crippen molar-refractivity contribution in [2.45, 2.75) is 39.5 Å². The van der Waals surface area contributed by atoms with Gasteiger partial charge in [-0.15, -0.1) is 0 Å². The van der Waals surface area contributed by atoms with Gasteiger partial charge in [-0.3, -0.25) is 9.78 Å². The molecule has 0 aliphatic carbocycles. The van der Waals surface area contributed by atoms with E-state index in [-0.39, 0.29) is 11.1 Å². The van der Waals surface area contributed by atoms with Gasteiger partial charge in [0.25, 0.3) is 5.56 Å². The van der Waals surface area contributed by atoms with Crippen molar-refractivity contribution in [1.29, 1.82) is 0 Å². The van der Waals surface area contributed by atoms with Crippen LogP contribution in [0.4, 0.5) is 5.95 Å². The molecule has 7 nitrogen and oxygen atoms in total. The van der Waals surface area contributed by atoms with Crippen LogP contribution in [0.15, 0.2) is 35.3 Å². The summed E-state index contributed by atoms with van der Waals surface area (Å²) in [6, 6.07) is 8.10. The van der Waals surface area contributed by atoms with Gasteiger partial charge in [-0.2, -0.15) is 10.1 Å². The topological polar surface area (TPSA) is 84.8 Å². The average molecular weight is 341 g/mol. The Morgan fingerprint density at radius 2 is 1.88 bits per heavy atom. The van der Waals surface area contributed by atoms with Crippen molar-refractivity contribution in [3.05, 3.63) is 51.9 Å². The molecule has 0 fully saturated rings. The number of anilines is 1. The Bertz CT molecular complexity index is 919. The van der Waals surface area contributed by atoms with Crippen LogP contribution < -0.4 is 10.9 Å². The second-order valence-corrected chi connectivity index (χ2v) is 6.98. The van der Waals surface area contributed by atoms with Crippen molar-refractivity contribution in [3.63, 3.8) is 0 Å². The Morgan fingerprint density at radius 1 is 1.20 bits per heavy atom. The van der Waals surface area contributed by atoms with Crippen LogP contribution in [0, 0.1) is 0 Å². The van der Waals surface area contributed by atoms with Crippen molar-refractivity contribution < 1.29 is 4.74 Å². The molecule has 0 saturated carbocycles. The number of benzene rings is 1. The Balaban J connectivity index is 1.83. The third-order valence-electron chi connectivity index (χ3n) is 3.87. The first-order valence-corrected chi connectivity index (χ1v) is 8.17. The second-order valence-electron chi connectivity index (χ2n) is 6.98. The summed E-state index contributed by atoms with van der Waals surface area (Å²) in [6.07, 6.45) is 1.56. The fraction of sp³-hybridized carbons (Fsp3) is 0.389. The third kappa shape index (κ3) is 3.71. The maximum Gasteiger partial charge on any atom is 0.263 e. The maximum absolute atomic E-state index is 12.3. The molecule has 0 unspecified atom stereocenters. The van der Waals surface area contributed by atoms with Crippen molar-refractivity contribution in [3.8, 4) is 0 Å². The van der Waals surface area contributed by atoms with E-state index in [1.54, 1.807) is 18.0 Å². The smallest absolute Gasteiger partial charge is 0.263 e. The summed E-state index contributed by atoms with van der Waals surface area (Å²) < 4.78 is 6.87. The van der Waals surface area contributed by atoms with Crippen LogP contribution in [-0.4, -0.2) is 26.9 Å². The normalized spacial score (nSPS) is 11.8. The standard InChI is InChI=1S/C18H23N5O2/c1-18(2,3)23-15-14(10-20-23)16(24)22-17(21-15)19-9-12-5-7-13(8-6-12)11-25-4/h5-8,10H,9,11H2,1-4H3,(H2,19,21,22,24). The first-order valence-electron chi connectivity index (χ1n) is 8.17. The van der Waals surface area contributed by atoms with Gasteiger partial charge in [-0.25, -0.2) is 4.68 Å². The molecule has 2 aromatic heterocycles. The van der Waals surface area contributed by atoms with E-state index in [2.05, 4.69) is 20.4 Å². The molecule has 0 aliphatic heterocycles. The summed E-state index contributed by atoms with van der Waals surface area (Å²) in [4.78, 5) is 19.6. The highest BCUT2D eigenvalue weighted by Gasteiger charge is 2.19. The lowest BCUT2D eigenvalue weighted by Gasteiger charge is -2.19. The van der Waals surface area contributed by atoms with Crippen LogP contribution in [0.5, 0.6) is 0 Å². The van der Waals surface area contributed by atoms with Crippen molar-refractivity contribution >= 4 is 17.0 Å². The lowest BCUT2D eigenvalue weighted by molar-refractivity contribution is 0.185. The SMILES string of the molecule is COCc1ccc(CNc2nc3c(cnn3C(C)(C)C)c(=O)[nH]2)cc1. The van der Waals surface area contributed by atoms with Crippen LogP contribution in [0.2, 0.25) is 0 Å². The van der Waals surface area contributed by atoms with E-state index >= 15 is 0 Å². The molecule has 0 spiro atoms. The highest BCUT2D eigenvalue weighted by Crippen LogP contribution is 2.18. The van der Waals surface area contributed by atoms with Gasteiger partial charge in [0.1, 0.15) is 5.39 Å². The van der Waals surface area contributed by atoms with Crippen molar-refractivity contribution in [2.75, 3.05) is 12.4 Å². The number of H-pyrrole nitrogens is 1. The van der Waals surface area contributed by atoms with Crippen LogP contribution in [0.1, 0.15) is 31.9 Å². The molecule has 0 aliphatic rings. The zero-order valence-corrected chi connectivity index (χ0v) is 15.0. The first-order chi connectivity index (χ1) is 11.9. The minimum Gasteiger partial charge on any atom is -0.380 e. The molecular weight excluding hydrogens is 318 g/mol. The zero-order chi connectivity index (χ0) is 18.0. The van der Waals surface area contributed by atoms with Crippen LogP contribution in [0.25, 0.3) is 11.0 Å². The number of aromatic amines is 1. The van der Waals surface area contributed by atoms with Crippen LogP contribution in [0.3, 0.4) is 0 Å². The molecule has 25 heavy (non-hydrogen) atoms. The van der Waals surface area contributed by atoms with Gasteiger partial charge in [-0.1, -0.05) is 24.3 Å². The molecule has 3 aromatic rings. The number of methoxy groups -OCH3 is 1. The van der Waals surface area contributed by atoms with E-state index in [9.17, 15) is 4.79 Å². The number of nitrogens with one attached hydrogen (secondary N) is 2. The largest absolute Gasteiger partial charge is 0.380 e. The van der Waals surface area contributed by atoms with Crippen LogP contribution in [-0.2, 0) is 23.4 Å². The molecule has 1 aromatic carbocycles. The second kappa shape index (κ2) is 6.68. The molecule has 0 amide bonds. The van der Waals surface area contributed by atoms with Gasteiger partial charge in [-0.05, 0) is 31.9 Å². The van der Waals surface area contributed by atoms with E-state index in [4.69, 9.17) is 4.74 Å². The first kappa shape index (κ1) is 17.2.